The molecule has 0 saturated carbocycles. The van der Waals surface area contributed by atoms with Crippen LogP contribution in [0, 0.1) is 5.92 Å². The highest BCUT2D eigenvalue weighted by Crippen LogP contribution is 2.34. The fourth-order valence-electron chi connectivity index (χ4n) is 3.21. The van der Waals surface area contributed by atoms with E-state index in [4.69, 9.17) is 4.74 Å². The molecule has 130 valence electrons. The maximum Gasteiger partial charge on any atom is 0.328 e. The van der Waals surface area contributed by atoms with Crippen LogP contribution in [0.3, 0.4) is 0 Å². The number of nitrogens with one attached hydrogen (secondary N) is 1. The van der Waals surface area contributed by atoms with Gasteiger partial charge in [-0.05, 0) is 11.5 Å². The average Bonchev–Trinajstić information content (AvgIpc) is 3.31. The lowest BCUT2D eigenvalue weighted by Crippen LogP contribution is -2.50. The Bertz CT molecular complexity index is 765. The van der Waals surface area contributed by atoms with Gasteiger partial charge in [-0.3, -0.25) is 5.10 Å². The van der Waals surface area contributed by atoms with Crippen LogP contribution in [0.2, 0.25) is 0 Å². The number of hydrogen-bond acceptors (Lipinski definition) is 4. The quantitative estimate of drug-likeness (QED) is 0.819. The molecule has 0 bridgehead atoms. The molecule has 1 aromatic heterocycles. The van der Waals surface area contributed by atoms with Crippen LogP contribution in [0.15, 0.2) is 60.8 Å². The molecule has 0 fully saturated rings. The van der Waals surface area contributed by atoms with Gasteiger partial charge >= 0.3 is 5.97 Å². The maximum absolute atomic E-state index is 12.5. The number of aromatic amines is 1. The summed E-state index contributed by atoms with van der Waals surface area (Å²) in [6.07, 6.45) is 9.91. The zero-order valence-electron chi connectivity index (χ0n) is 14.7. The van der Waals surface area contributed by atoms with Crippen LogP contribution in [0.4, 0.5) is 5.82 Å². The zero-order valence-corrected chi connectivity index (χ0v) is 14.7. The molecule has 0 unspecified atom stereocenters. The summed E-state index contributed by atoms with van der Waals surface area (Å²) in [5.74, 6) is 0.635. The molecule has 0 saturated heterocycles. The first kappa shape index (κ1) is 17.0. The number of benzene rings is 1. The van der Waals surface area contributed by atoms with Gasteiger partial charge in [0.15, 0.2) is 0 Å². The van der Waals surface area contributed by atoms with E-state index in [2.05, 4.69) is 27.2 Å². The molecule has 1 N–H and O–H groups in total. The van der Waals surface area contributed by atoms with Crippen molar-refractivity contribution in [2.75, 3.05) is 12.0 Å². The molecule has 3 rings (SSSR count). The molecular formula is C20H23N3O2. The Hall–Kier alpha value is -2.82. The van der Waals surface area contributed by atoms with Crippen molar-refractivity contribution < 1.29 is 9.53 Å². The van der Waals surface area contributed by atoms with Crippen LogP contribution in [-0.4, -0.2) is 35.4 Å². The number of carbonyl (C=O) groups excluding carboxylic acids is 1. The molecule has 0 amide bonds. The first-order valence-electron chi connectivity index (χ1n) is 8.43. The number of rotatable bonds is 6. The Labute approximate surface area is 148 Å². The molecule has 5 heteroatoms. The third-order valence-electron chi connectivity index (χ3n) is 4.38. The number of aromatic nitrogens is 2. The summed E-state index contributed by atoms with van der Waals surface area (Å²) < 4.78 is 5.09. The van der Waals surface area contributed by atoms with Gasteiger partial charge in [0.05, 0.1) is 19.3 Å². The van der Waals surface area contributed by atoms with E-state index in [-0.39, 0.29) is 17.9 Å². The summed E-state index contributed by atoms with van der Waals surface area (Å²) in [5, 5.41) is 7.35. The number of carbonyl (C=O) groups is 1. The second-order valence-electron chi connectivity index (χ2n) is 6.38. The van der Waals surface area contributed by atoms with Crippen LogP contribution in [0.5, 0.6) is 0 Å². The summed E-state index contributed by atoms with van der Waals surface area (Å²) in [6.45, 7) is 4.05. The second-order valence-corrected chi connectivity index (χ2v) is 6.38. The van der Waals surface area contributed by atoms with E-state index in [1.54, 1.807) is 6.20 Å². The van der Waals surface area contributed by atoms with E-state index in [9.17, 15) is 4.79 Å². The number of H-pyrrole nitrogens is 1. The van der Waals surface area contributed by atoms with Crippen LogP contribution in [0.1, 0.15) is 13.8 Å². The lowest BCUT2D eigenvalue weighted by atomic mass is 9.99. The van der Waals surface area contributed by atoms with E-state index in [1.165, 1.54) is 7.11 Å². The minimum absolute atomic E-state index is 0.0330. The van der Waals surface area contributed by atoms with Gasteiger partial charge in [-0.25, -0.2) is 4.79 Å². The van der Waals surface area contributed by atoms with Crippen LogP contribution in [-0.2, 0) is 9.53 Å². The molecule has 25 heavy (non-hydrogen) atoms. The number of nitrogens with zero attached hydrogens (tertiary/aromatic N) is 2. The van der Waals surface area contributed by atoms with Crippen molar-refractivity contribution in [2.45, 2.75) is 25.9 Å². The standard InChI is InChI=1S/C20H23N3O2/c1-14(2)18(20(24)25-3)23(16-11-7-8-12-16)19-17(13-21-22-19)15-9-5-4-6-10-15/h4-14,16,18H,1-3H3,(H,21,22)/t18-/m0/s1. The van der Waals surface area contributed by atoms with E-state index >= 15 is 0 Å². The molecular weight excluding hydrogens is 314 g/mol. The highest BCUT2D eigenvalue weighted by atomic mass is 16.5. The smallest absolute Gasteiger partial charge is 0.328 e. The van der Waals surface area contributed by atoms with E-state index < -0.39 is 6.04 Å². The first-order chi connectivity index (χ1) is 12.1. The normalized spacial score (nSPS) is 14.9. The minimum atomic E-state index is -0.426. The van der Waals surface area contributed by atoms with Gasteiger partial charge in [0, 0.05) is 5.56 Å². The summed E-state index contributed by atoms with van der Waals surface area (Å²) in [6, 6.07) is 9.58. The van der Waals surface area contributed by atoms with E-state index in [0.29, 0.717) is 0 Å². The first-order valence-corrected chi connectivity index (χ1v) is 8.43. The van der Waals surface area contributed by atoms with Crippen molar-refractivity contribution in [1.82, 2.24) is 10.2 Å². The highest BCUT2D eigenvalue weighted by Gasteiger charge is 2.36. The number of esters is 1. The molecule has 5 nitrogen and oxygen atoms in total. The Morgan fingerprint density at radius 2 is 1.88 bits per heavy atom. The average molecular weight is 337 g/mol. The zero-order chi connectivity index (χ0) is 17.8. The monoisotopic (exact) mass is 337 g/mol. The van der Waals surface area contributed by atoms with Crippen molar-refractivity contribution in [2.24, 2.45) is 5.92 Å². The van der Waals surface area contributed by atoms with Gasteiger partial charge in [0.25, 0.3) is 0 Å². The molecule has 1 aliphatic rings. The third kappa shape index (κ3) is 3.36. The fourth-order valence-corrected chi connectivity index (χ4v) is 3.21. The summed E-state index contributed by atoms with van der Waals surface area (Å²) >= 11 is 0. The van der Waals surface area contributed by atoms with E-state index in [0.717, 1.165) is 16.9 Å². The number of anilines is 1. The topological polar surface area (TPSA) is 58.2 Å². The van der Waals surface area contributed by atoms with Gasteiger partial charge in [0.1, 0.15) is 11.9 Å². The van der Waals surface area contributed by atoms with Crippen molar-refractivity contribution in [1.29, 1.82) is 0 Å². The van der Waals surface area contributed by atoms with Crippen molar-refractivity contribution in [3.8, 4) is 11.1 Å². The molecule has 2 aromatic rings. The Balaban J connectivity index is 2.10. The Kier molecular flexibility index (Phi) is 5.03. The highest BCUT2D eigenvalue weighted by molar-refractivity contribution is 5.84. The minimum Gasteiger partial charge on any atom is -0.467 e. The molecule has 0 radical (unpaired) electrons. The van der Waals surface area contributed by atoms with Gasteiger partial charge in [0.2, 0.25) is 0 Å². The Morgan fingerprint density at radius 3 is 2.48 bits per heavy atom. The van der Waals surface area contributed by atoms with Crippen molar-refractivity contribution >= 4 is 11.8 Å². The van der Waals surface area contributed by atoms with Gasteiger partial charge in [-0.2, -0.15) is 5.10 Å². The fraction of sp³-hybridized carbons (Fsp3) is 0.300. The number of hydrogen-bond donors (Lipinski definition) is 1. The third-order valence-corrected chi connectivity index (χ3v) is 4.38. The van der Waals surface area contributed by atoms with Crippen molar-refractivity contribution in [3.05, 3.63) is 60.8 Å². The van der Waals surface area contributed by atoms with Gasteiger partial charge in [-0.15, -0.1) is 0 Å². The number of ether oxygens (including phenoxy) is 1. The number of methoxy groups -OCH3 is 1. The lowest BCUT2D eigenvalue weighted by Gasteiger charge is -2.36. The van der Waals surface area contributed by atoms with Gasteiger partial charge in [-0.1, -0.05) is 68.5 Å². The summed E-state index contributed by atoms with van der Waals surface area (Å²) in [7, 11) is 1.43. The summed E-state index contributed by atoms with van der Waals surface area (Å²) in [4.78, 5) is 14.6. The summed E-state index contributed by atoms with van der Waals surface area (Å²) in [5.41, 5.74) is 2.01. The maximum atomic E-state index is 12.5. The van der Waals surface area contributed by atoms with E-state index in [1.807, 2.05) is 56.3 Å². The molecule has 0 aliphatic heterocycles. The predicted molar refractivity (Wildman–Crippen MR) is 99.2 cm³/mol. The lowest BCUT2D eigenvalue weighted by molar-refractivity contribution is -0.143. The molecule has 0 spiro atoms. The van der Waals surface area contributed by atoms with Crippen molar-refractivity contribution in [3.63, 3.8) is 0 Å². The van der Waals surface area contributed by atoms with Crippen LogP contribution in [0.25, 0.3) is 11.1 Å². The predicted octanol–water partition coefficient (Wildman–Crippen LogP) is 3.58. The SMILES string of the molecule is COC(=O)[C@H](C(C)C)N(c1[nH]ncc1-c1ccccc1)C1C=CC=C1. The molecule has 1 heterocycles. The molecule has 1 aliphatic carbocycles. The largest absolute Gasteiger partial charge is 0.467 e. The molecule has 1 atom stereocenters. The number of allylic oxidation sites excluding steroid dienone is 2. The van der Waals surface area contributed by atoms with Crippen LogP contribution < -0.4 is 4.90 Å². The second kappa shape index (κ2) is 7.38. The van der Waals surface area contributed by atoms with Crippen LogP contribution >= 0.6 is 0 Å². The Morgan fingerprint density at radius 1 is 1.20 bits per heavy atom. The molecule has 1 aromatic carbocycles. The van der Waals surface area contributed by atoms with Gasteiger partial charge < -0.3 is 9.64 Å².